The Morgan fingerprint density at radius 2 is 1.85 bits per heavy atom. The largest absolute Gasteiger partial charge is 0.493 e. The number of carbonyl (C=O) groups is 3. The minimum absolute atomic E-state index is 0.221. The molecule has 7 heteroatoms. The van der Waals surface area contributed by atoms with E-state index in [0.717, 1.165) is 11.3 Å². The molecular formula is C20H20N2O5. The fraction of sp³-hybridized carbons (Fsp3) is 0.250. The average Bonchev–Trinajstić information content (AvgIpc) is 3.12. The molecule has 0 fully saturated rings. The second-order valence-corrected chi connectivity index (χ2v) is 6.49. The molecule has 2 amide bonds. The molecule has 0 saturated heterocycles. The number of fused-ring (bicyclic) bond motifs is 1. The Balaban J connectivity index is 1.83. The summed E-state index contributed by atoms with van der Waals surface area (Å²) in [6.07, 6.45) is 0.706. The molecule has 0 spiro atoms. The lowest BCUT2D eigenvalue weighted by molar-refractivity contribution is -0.139. The minimum Gasteiger partial charge on any atom is -0.493 e. The molecule has 0 saturated carbocycles. The van der Waals surface area contributed by atoms with Crippen LogP contribution in [0, 0.1) is 0 Å². The number of hydrogen-bond donors (Lipinski definition) is 2. The van der Waals surface area contributed by atoms with Crippen LogP contribution in [0.15, 0.2) is 42.5 Å². The predicted octanol–water partition coefficient (Wildman–Crippen LogP) is 1.88. The highest BCUT2D eigenvalue weighted by atomic mass is 16.5. The van der Waals surface area contributed by atoms with Crippen molar-refractivity contribution in [3.8, 4) is 5.75 Å². The summed E-state index contributed by atoms with van der Waals surface area (Å²) in [6, 6.07) is 10.1. The van der Waals surface area contributed by atoms with Gasteiger partial charge in [-0.2, -0.15) is 0 Å². The van der Waals surface area contributed by atoms with Gasteiger partial charge in [-0.25, -0.2) is 4.79 Å². The van der Waals surface area contributed by atoms with E-state index in [1.54, 1.807) is 44.4 Å². The molecule has 1 aliphatic heterocycles. The highest BCUT2D eigenvalue weighted by Crippen LogP contribution is 2.28. The van der Waals surface area contributed by atoms with E-state index in [1.807, 2.05) is 0 Å². The molecule has 1 atom stereocenters. The predicted molar refractivity (Wildman–Crippen MR) is 97.9 cm³/mol. The van der Waals surface area contributed by atoms with Crippen molar-refractivity contribution in [2.75, 3.05) is 20.7 Å². The standard InChI is InChI=1S/C20H20N2O5/c1-22(2)19(24)15-5-3-4-14(11-15)18(23)21-17(20(25)26)13-6-7-16-12(10-13)8-9-27-16/h3-7,10-11,17H,8-9H2,1-2H3,(H,21,23)(H,25,26). The summed E-state index contributed by atoms with van der Waals surface area (Å²) in [5, 5.41) is 12.1. The van der Waals surface area contributed by atoms with Crippen molar-refractivity contribution in [3.05, 3.63) is 64.7 Å². The topological polar surface area (TPSA) is 95.9 Å². The number of carboxylic acids is 1. The number of nitrogens with one attached hydrogen (secondary N) is 1. The number of aliphatic carboxylic acids is 1. The zero-order valence-electron chi connectivity index (χ0n) is 15.1. The lowest BCUT2D eigenvalue weighted by atomic mass is 10.0. The maximum absolute atomic E-state index is 12.6. The van der Waals surface area contributed by atoms with Gasteiger partial charge < -0.3 is 20.1 Å². The molecule has 0 bridgehead atoms. The second kappa shape index (κ2) is 7.49. The van der Waals surface area contributed by atoms with Crippen LogP contribution in [-0.2, 0) is 11.2 Å². The van der Waals surface area contributed by atoms with Gasteiger partial charge >= 0.3 is 5.97 Å². The monoisotopic (exact) mass is 368 g/mol. The van der Waals surface area contributed by atoms with E-state index in [0.29, 0.717) is 24.2 Å². The average molecular weight is 368 g/mol. The summed E-state index contributed by atoms with van der Waals surface area (Å²) in [4.78, 5) is 37.8. The first-order valence-corrected chi connectivity index (χ1v) is 8.48. The van der Waals surface area contributed by atoms with Crippen molar-refractivity contribution in [2.45, 2.75) is 12.5 Å². The highest BCUT2D eigenvalue weighted by Gasteiger charge is 2.25. The molecular weight excluding hydrogens is 348 g/mol. The van der Waals surface area contributed by atoms with Crippen LogP contribution >= 0.6 is 0 Å². The maximum Gasteiger partial charge on any atom is 0.330 e. The first-order chi connectivity index (χ1) is 12.9. The number of carbonyl (C=O) groups excluding carboxylic acids is 2. The van der Waals surface area contributed by atoms with Crippen LogP contribution in [0.4, 0.5) is 0 Å². The summed E-state index contributed by atoms with van der Waals surface area (Å²) in [5.74, 6) is -1.22. The van der Waals surface area contributed by atoms with Crippen LogP contribution in [-0.4, -0.2) is 48.5 Å². The number of nitrogens with zero attached hydrogens (tertiary/aromatic N) is 1. The van der Waals surface area contributed by atoms with Crippen LogP contribution in [0.25, 0.3) is 0 Å². The van der Waals surface area contributed by atoms with Crippen LogP contribution in [0.5, 0.6) is 5.75 Å². The third kappa shape index (κ3) is 3.92. The number of amides is 2. The quantitative estimate of drug-likeness (QED) is 0.840. The van der Waals surface area contributed by atoms with Gasteiger partial charge in [-0.15, -0.1) is 0 Å². The molecule has 2 aromatic rings. The lowest BCUT2D eigenvalue weighted by Gasteiger charge is -2.16. The van der Waals surface area contributed by atoms with E-state index in [-0.39, 0.29) is 11.5 Å². The first-order valence-electron chi connectivity index (χ1n) is 8.48. The number of ether oxygens (including phenoxy) is 1. The van der Waals surface area contributed by atoms with Gasteiger partial charge in [-0.05, 0) is 41.5 Å². The summed E-state index contributed by atoms with van der Waals surface area (Å²) in [7, 11) is 3.24. The third-order valence-corrected chi connectivity index (χ3v) is 4.35. The van der Waals surface area contributed by atoms with Crippen LogP contribution in [0.3, 0.4) is 0 Å². The van der Waals surface area contributed by atoms with E-state index in [9.17, 15) is 19.5 Å². The Morgan fingerprint density at radius 3 is 2.56 bits per heavy atom. The van der Waals surface area contributed by atoms with Gasteiger partial charge in [0.1, 0.15) is 5.75 Å². The molecule has 2 N–H and O–H groups in total. The fourth-order valence-corrected chi connectivity index (χ4v) is 2.94. The van der Waals surface area contributed by atoms with Gasteiger partial charge in [-0.1, -0.05) is 12.1 Å². The number of rotatable bonds is 5. The van der Waals surface area contributed by atoms with Crippen LogP contribution in [0.1, 0.15) is 37.9 Å². The summed E-state index contributed by atoms with van der Waals surface area (Å²) in [6.45, 7) is 0.565. The SMILES string of the molecule is CN(C)C(=O)c1cccc(C(=O)NC(C(=O)O)c2ccc3c(c2)CCO3)c1. The highest BCUT2D eigenvalue weighted by molar-refractivity contribution is 6.00. The van der Waals surface area contributed by atoms with Crippen molar-refractivity contribution >= 4 is 17.8 Å². The Bertz CT molecular complexity index is 907. The van der Waals surface area contributed by atoms with E-state index < -0.39 is 17.9 Å². The van der Waals surface area contributed by atoms with Gasteiger partial charge in [0.15, 0.2) is 6.04 Å². The number of hydrogen-bond acceptors (Lipinski definition) is 4. The van der Waals surface area contributed by atoms with Gasteiger partial charge in [0.25, 0.3) is 11.8 Å². The van der Waals surface area contributed by atoms with E-state index >= 15 is 0 Å². The van der Waals surface area contributed by atoms with Crippen molar-refractivity contribution in [3.63, 3.8) is 0 Å². The second-order valence-electron chi connectivity index (χ2n) is 6.49. The summed E-state index contributed by atoms with van der Waals surface area (Å²) >= 11 is 0. The molecule has 7 nitrogen and oxygen atoms in total. The first kappa shape index (κ1) is 18.4. The fourth-order valence-electron chi connectivity index (χ4n) is 2.94. The van der Waals surface area contributed by atoms with Gasteiger partial charge in [0.05, 0.1) is 6.61 Å². The molecule has 2 aromatic carbocycles. The normalized spacial score (nSPS) is 13.3. The number of benzene rings is 2. The van der Waals surface area contributed by atoms with Crippen molar-refractivity contribution in [2.24, 2.45) is 0 Å². The zero-order chi connectivity index (χ0) is 19.6. The molecule has 0 aliphatic carbocycles. The lowest BCUT2D eigenvalue weighted by Crippen LogP contribution is -2.34. The summed E-state index contributed by atoms with van der Waals surface area (Å²) in [5.41, 5.74) is 1.97. The maximum atomic E-state index is 12.6. The van der Waals surface area contributed by atoms with E-state index in [2.05, 4.69) is 5.32 Å². The minimum atomic E-state index is -1.20. The smallest absolute Gasteiger partial charge is 0.330 e. The molecule has 1 heterocycles. The van der Waals surface area contributed by atoms with Gasteiger partial charge in [0.2, 0.25) is 0 Å². The Kier molecular flexibility index (Phi) is 5.12. The van der Waals surface area contributed by atoms with Crippen molar-refractivity contribution in [1.29, 1.82) is 0 Å². The number of carboxylic acid groups (broad SMARTS) is 1. The molecule has 1 unspecified atom stereocenters. The Labute approximate surface area is 156 Å². The van der Waals surface area contributed by atoms with Gasteiger partial charge in [-0.3, -0.25) is 9.59 Å². The van der Waals surface area contributed by atoms with Crippen LogP contribution < -0.4 is 10.1 Å². The Hall–Kier alpha value is -3.35. The van der Waals surface area contributed by atoms with Crippen molar-refractivity contribution in [1.82, 2.24) is 10.2 Å². The van der Waals surface area contributed by atoms with E-state index in [1.165, 1.54) is 17.0 Å². The van der Waals surface area contributed by atoms with Crippen molar-refractivity contribution < 1.29 is 24.2 Å². The zero-order valence-corrected chi connectivity index (χ0v) is 15.1. The molecule has 0 aromatic heterocycles. The van der Waals surface area contributed by atoms with Gasteiger partial charge in [0, 0.05) is 31.6 Å². The molecule has 0 radical (unpaired) electrons. The molecule has 1 aliphatic rings. The molecule has 27 heavy (non-hydrogen) atoms. The summed E-state index contributed by atoms with van der Waals surface area (Å²) < 4.78 is 5.43. The third-order valence-electron chi connectivity index (χ3n) is 4.35. The molecule has 140 valence electrons. The van der Waals surface area contributed by atoms with E-state index in [4.69, 9.17) is 4.74 Å². The molecule has 3 rings (SSSR count). The van der Waals surface area contributed by atoms with Crippen LogP contribution in [0.2, 0.25) is 0 Å². The Morgan fingerprint density at radius 1 is 1.11 bits per heavy atom.